The highest BCUT2D eigenvalue weighted by Gasteiger charge is 2.33. The Labute approximate surface area is 109 Å². The van der Waals surface area contributed by atoms with Gasteiger partial charge in [0.2, 0.25) is 5.95 Å². The van der Waals surface area contributed by atoms with Crippen LogP contribution in [0.4, 0.5) is 19.1 Å². The van der Waals surface area contributed by atoms with Crippen molar-refractivity contribution in [3.8, 4) is 0 Å². The van der Waals surface area contributed by atoms with E-state index < -0.39 is 11.9 Å². The fourth-order valence-electron chi connectivity index (χ4n) is 2.28. The zero-order chi connectivity index (χ0) is 14.0. The van der Waals surface area contributed by atoms with Crippen molar-refractivity contribution >= 4 is 5.95 Å². The number of nitrogens with two attached hydrogens (primary N) is 1. The Balaban J connectivity index is 2.17. The lowest BCUT2D eigenvalue weighted by atomic mass is 9.92. The van der Waals surface area contributed by atoms with Gasteiger partial charge in [-0.1, -0.05) is 0 Å². The average molecular weight is 274 g/mol. The maximum absolute atomic E-state index is 12.6. The quantitative estimate of drug-likeness (QED) is 0.897. The van der Waals surface area contributed by atoms with Gasteiger partial charge in [0.1, 0.15) is 5.69 Å². The van der Waals surface area contributed by atoms with E-state index in [1.807, 2.05) is 6.92 Å². The minimum absolute atomic E-state index is 0.0219. The van der Waals surface area contributed by atoms with E-state index in [0.29, 0.717) is 13.1 Å². The molecule has 2 N–H and O–H groups in total. The van der Waals surface area contributed by atoms with Gasteiger partial charge >= 0.3 is 6.18 Å². The first-order chi connectivity index (χ1) is 8.88. The van der Waals surface area contributed by atoms with Crippen LogP contribution < -0.4 is 10.6 Å². The highest BCUT2D eigenvalue weighted by molar-refractivity contribution is 5.31. The third-order valence-corrected chi connectivity index (χ3v) is 3.42. The number of nitrogens with zero attached hydrogens (tertiary/aromatic N) is 3. The third kappa shape index (κ3) is 3.34. The molecule has 2 unspecified atom stereocenters. The van der Waals surface area contributed by atoms with E-state index in [4.69, 9.17) is 5.73 Å². The van der Waals surface area contributed by atoms with Crippen molar-refractivity contribution in [1.82, 2.24) is 9.97 Å². The van der Waals surface area contributed by atoms with E-state index in [1.54, 1.807) is 4.90 Å². The van der Waals surface area contributed by atoms with Gasteiger partial charge in [-0.2, -0.15) is 13.2 Å². The third-order valence-electron chi connectivity index (χ3n) is 3.42. The summed E-state index contributed by atoms with van der Waals surface area (Å²) in [6, 6.07) is 0.907. The fraction of sp³-hybridized carbons (Fsp3) is 0.667. The van der Waals surface area contributed by atoms with E-state index in [2.05, 4.69) is 9.97 Å². The molecule has 0 spiro atoms. The van der Waals surface area contributed by atoms with E-state index in [1.165, 1.54) is 0 Å². The molecular weight excluding hydrogens is 257 g/mol. The molecule has 1 aliphatic heterocycles. The molecule has 0 bridgehead atoms. The van der Waals surface area contributed by atoms with Crippen LogP contribution in [0.1, 0.15) is 25.5 Å². The van der Waals surface area contributed by atoms with Crippen LogP contribution in [-0.4, -0.2) is 29.1 Å². The normalized spacial score (nSPS) is 22.4. The number of alkyl halides is 3. The first-order valence-electron chi connectivity index (χ1n) is 6.28. The van der Waals surface area contributed by atoms with Crippen molar-refractivity contribution in [3.05, 3.63) is 18.0 Å². The predicted molar refractivity (Wildman–Crippen MR) is 65.6 cm³/mol. The van der Waals surface area contributed by atoms with Crippen molar-refractivity contribution in [2.45, 2.75) is 32.0 Å². The lowest BCUT2D eigenvalue weighted by Gasteiger charge is -2.34. The molecule has 7 heteroatoms. The van der Waals surface area contributed by atoms with Crippen molar-refractivity contribution in [1.29, 1.82) is 0 Å². The molecule has 1 saturated heterocycles. The zero-order valence-electron chi connectivity index (χ0n) is 10.7. The zero-order valence-corrected chi connectivity index (χ0v) is 10.7. The number of aromatic nitrogens is 2. The van der Waals surface area contributed by atoms with E-state index in [-0.39, 0.29) is 17.9 Å². The Hall–Kier alpha value is -1.37. The van der Waals surface area contributed by atoms with Gasteiger partial charge in [0, 0.05) is 25.3 Å². The summed E-state index contributed by atoms with van der Waals surface area (Å²) in [6.45, 7) is 3.20. The predicted octanol–water partition coefficient (Wildman–Crippen LogP) is 2.06. The van der Waals surface area contributed by atoms with Crippen LogP contribution in [0.15, 0.2) is 12.3 Å². The number of hydrogen-bond donors (Lipinski definition) is 1. The standard InChI is InChI=1S/C12H17F3N4/c1-8(16)9-3-2-6-19(7-9)11-17-5-4-10(18-11)12(13,14)15/h4-5,8-9H,2-3,6-7,16H2,1H3. The Morgan fingerprint density at radius 3 is 2.84 bits per heavy atom. The van der Waals surface area contributed by atoms with Crippen LogP contribution >= 0.6 is 0 Å². The largest absolute Gasteiger partial charge is 0.433 e. The van der Waals surface area contributed by atoms with Crippen LogP contribution in [-0.2, 0) is 6.18 Å². The van der Waals surface area contributed by atoms with Crippen LogP contribution in [0.3, 0.4) is 0 Å². The Kier molecular flexibility index (Phi) is 3.93. The van der Waals surface area contributed by atoms with E-state index in [0.717, 1.165) is 25.1 Å². The summed E-state index contributed by atoms with van der Waals surface area (Å²) in [5.41, 5.74) is 4.96. The maximum atomic E-state index is 12.6. The van der Waals surface area contributed by atoms with Gasteiger partial charge in [-0.15, -0.1) is 0 Å². The van der Waals surface area contributed by atoms with Crippen molar-refractivity contribution < 1.29 is 13.2 Å². The number of anilines is 1. The maximum Gasteiger partial charge on any atom is 0.433 e. The van der Waals surface area contributed by atoms with Gasteiger partial charge in [-0.05, 0) is 31.7 Å². The molecule has 0 aromatic carbocycles. The first kappa shape index (κ1) is 14.0. The van der Waals surface area contributed by atoms with Crippen molar-refractivity contribution in [3.63, 3.8) is 0 Å². The summed E-state index contributed by atoms with van der Waals surface area (Å²) < 4.78 is 37.8. The minimum atomic E-state index is -4.44. The monoisotopic (exact) mass is 274 g/mol. The lowest BCUT2D eigenvalue weighted by Crippen LogP contribution is -2.43. The van der Waals surface area contributed by atoms with Gasteiger partial charge in [0.15, 0.2) is 0 Å². The van der Waals surface area contributed by atoms with Gasteiger partial charge in [0.05, 0.1) is 0 Å². The molecule has 19 heavy (non-hydrogen) atoms. The Bertz CT molecular complexity index is 433. The molecule has 0 radical (unpaired) electrons. The molecule has 1 aromatic heterocycles. The molecule has 1 aromatic rings. The summed E-state index contributed by atoms with van der Waals surface area (Å²) in [4.78, 5) is 9.34. The summed E-state index contributed by atoms with van der Waals surface area (Å²) in [6.07, 6.45) is -1.40. The molecule has 106 valence electrons. The van der Waals surface area contributed by atoms with E-state index in [9.17, 15) is 13.2 Å². The molecule has 2 heterocycles. The second-order valence-electron chi connectivity index (χ2n) is 4.95. The Morgan fingerprint density at radius 1 is 1.47 bits per heavy atom. The van der Waals surface area contributed by atoms with Crippen molar-refractivity contribution in [2.75, 3.05) is 18.0 Å². The van der Waals surface area contributed by atoms with E-state index >= 15 is 0 Å². The molecule has 2 rings (SSSR count). The number of halogens is 3. The lowest BCUT2D eigenvalue weighted by molar-refractivity contribution is -0.141. The molecule has 2 atom stereocenters. The number of piperidine rings is 1. The van der Waals surface area contributed by atoms with Crippen molar-refractivity contribution in [2.24, 2.45) is 11.7 Å². The van der Waals surface area contributed by atoms with Crippen LogP contribution in [0, 0.1) is 5.92 Å². The molecule has 4 nitrogen and oxygen atoms in total. The summed E-state index contributed by atoms with van der Waals surface area (Å²) >= 11 is 0. The molecule has 0 saturated carbocycles. The molecule has 0 aliphatic carbocycles. The number of hydrogen-bond acceptors (Lipinski definition) is 4. The molecule has 0 amide bonds. The topological polar surface area (TPSA) is 55.0 Å². The summed E-state index contributed by atoms with van der Waals surface area (Å²) in [5, 5.41) is 0. The van der Waals surface area contributed by atoms with Gasteiger partial charge < -0.3 is 10.6 Å². The highest BCUT2D eigenvalue weighted by atomic mass is 19.4. The van der Waals surface area contributed by atoms with Crippen LogP contribution in [0.2, 0.25) is 0 Å². The Morgan fingerprint density at radius 2 is 2.21 bits per heavy atom. The molecular formula is C12H17F3N4. The smallest absolute Gasteiger partial charge is 0.340 e. The number of rotatable bonds is 2. The molecule has 1 fully saturated rings. The van der Waals surface area contributed by atoms with Crippen LogP contribution in [0.25, 0.3) is 0 Å². The van der Waals surface area contributed by atoms with Gasteiger partial charge in [0.25, 0.3) is 0 Å². The summed E-state index contributed by atoms with van der Waals surface area (Å²) in [5.74, 6) is 0.409. The fourth-order valence-corrected chi connectivity index (χ4v) is 2.28. The second kappa shape index (κ2) is 5.32. The van der Waals surface area contributed by atoms with Gasteiger partial charge in [-0.3, -0.25) is 0 Å². The average Bonchev–Trinajstić information content (AvgIpc) is 2.38. The first-order valence-corrected chi connectivity index (χ1v) is 6.28. The van der Waals surface area contributed by atoms with Gasteiger partial charge in [-0.25, -0.2) is 9.97 Å². The highest BCUT2D eigenvalue weighted by Crippen LogP contribution is 2.29. The SMILES string of the molecule is CC(N)C1CCCN(c2nccc(C(F)(F)F)n2)C1. The summed E-state index contributed by atoms with van der Waals surface area (Å²) in [7, 11) is 0. The molecule has 1 aliphatic rings. The van der Waals surface area contributed by atoms with Crippen LogP contribution in [0.5, 0.6) is 0 Å². The second-order valence-corrected chi connectivity index (χ2v) is 4.95. The minimum Gasteiger partial charge on any atom is -0.340 e.